The van der Waals surface area contributed by atoms with Gasteiger partial charge in [-0.3, -0.25) is 0 Å². The van der Waals surface area contributed by atoms with Crippen LogP contribution in [0.2, 0.25) is 0 Å². The maximum absolute atomic E-state index is 11.5. The molecule has 1 saturated heterocycles. The van der Waals surface area contributed by atoms with Gasteiger partial charge in [0.2, 0.25) is 0 Å². The molecule has 1 aliphatic carbocycles. The second-order valence-corrected chi connectivity index (χ2v) is 5.05. The highest BCUT2D eigenvalue weighted by Crippen LogP contribution is 2.45. The van der Waals surface area contributed by atoms with Crippen molar-refractivity contribution in [3.05, 3.63) is 24.3 Å². The van der Waals surface area contributed by atoms with Crippen LogP contribution in [0, 0.1) is 11.8 Å². The largest absolute Gasteiger partial charge is 0.463 e. The number of ether oxygens (including phenoxy) is 1. The third-order valence-electron chi connectivity index (χ3n) is 3.87. The molecule has 1 aliphatic heterocycles. The van der Waals surface area contributed by atoms with Crippen LogP contribution in [-0.2, 0) is 9.53 Å². The highest BCUT2D eigenvalue weighted by atomic mass is 16.6. The van der Waals surface area contributed by atoms with E-state index in [0.717, 1.165) is 12.8 Å². The number of aliphatic hydroxyl groups excluding tert-OH is 1. The number of fused-ring (bicyclic) bond motifs is 1. The van der Waals surface area contributed by atoms with E-state index in [2.05, 4.69) is 13.0 Å². The molecule has 1 heterocycles. The van der Waals surface area contributed by atoms with Gasteiger partial charge >= 0.3 is 5.97 Å². The summed E-state index contributed by atoms with van der Waals surface area (Å²) in [6, 6.07) is 0. The van der Waals surface area contributed by atoms with Crippen LogP contribution in [0.4, 0.5) is 0 Å². The summed E-state index contributed by atoms with van der Waals surface area (Å²) in [7, 11) is 0. The van der Waals surface area contributed by atoms with E-state index >= 15 is 0 Å². The first kappa shape index (κ1) is 13.3. The average Bonchev–Trinajstić information content (AvgIpc) is 2.77. The van der Waals surface area contributed by atoms with Crippen LogP contribution in [0.5, 0.6) is 0 Å². The summed E-state index contributed by atoms with van der Waals surface area (Å²) in [5.74, 6) is -1.02. The molecule has 0 radical (unpaired) electrons. The lowest BCUT2D eigenvalue weighted by Crippen LogP contribution is -2.46. The molecule has 2 rings (SSSR count). The number of unbranched alkanes of at least 4 members (excludes halogenated alkanes) is 1. The third kappa shape index (κ3) is 2.10. The van der Waals surface area contributed by atoms with Crippen molar-refractivity contribution in [3.8, 4) is 0 Å². The number of hydrogen-bond donors (Lipinski definition) is 2. The first-order valence-electron chi connectivity index (χ1n) is 6.51. The van der Waals surface area contributed by atoms with Crippen molar-refractivity contribution in [1.29, 1.82) is 0 Å². The molecule has 0 amide bonds. The molecule has 0 bridgehead atoms. The van der Waals surface area contributed by atoms with E-state index in [1.807, 2.05) is 18.2 Å². The summed E-state index contributed by atoms with van der Waals surface area (Å²) in [4.78, 5) is 11.5. The van der Waals surface area contributed by atoms with E-state index in [9.17, 15) is 15.0 Å². The maximum atomic E-state index is 11.5. The lowest BCUT2D eigenvalue weighted by molar-refractivity contribution is -0.162. The van der Waals surface area contributed by atoms with Crippen LogP contribution in [0.3, 0.4) is 0 Å². The standard InChI is InChI=1S/C14H20O4/c1-2-3-4-5-6-7-10-8-12(15)14(17)11(10)9-18-13(14)16/h4-7,10-12,15,17H,2-3,8-9H2,1H3/b5-4+,7-6+/t10-,11-,12+,14-/m1/s1. The zero-order chi connectivity index (χ0) is 13.2. The minimum Gasteiger partial charge on any atom is -0.463 e. The number of carbonyl (C=O) groups is 1. The Morgan fingerprint density at radius 2 is 2.28 bits per heavy atom. The molecule has 0 aromatic rings. The molecule has 4 atom stereocenters. The number of hydrogen-bond acceptors (Lipinski definition) is 4. The van der Waals surface area contributed by atoms with Crippen molar-refractivity contribution in [2.75, 3.05) is 6.61 Å². The highest BCUT2D eigenvalue weighted by molar-refractivity contribution is 5.83. The van der Waals surface area contributed by atoms with E-state index in [1.165, 1.54) is 0 Å². The van der Waals surface area contributed by atoms with Gasteiger partial charge < -0.3 is 14.9 Å². The summed E-state index contributed by atoms with van der Waals surface area (Å²) in [5, 5.41) is 20.0. The summed E-state index contributed by atoms with van der Waals surface area (Å²) in [6.07, 6.45) is 9.43. The van der Waals surface area contributed by atoms with E-state index in [-0.39, 0.29) is 18.4 Å². The zero-order valence-electron chi connectivity index (χ0n) is 10.6. The van der Waals surface area contributed by atoms with Gasteiger partial charge in [0.1, 0.15) is 0 Å². The smallest absolute Gasteiger partial charge is 0.341 e. The van der Waals surface area contributed by atoms with Crippen molar-refractivity contribution < 1.29 is 19.7 Å². The molecule has 4 heteroatoms. The van der Waals surface area contributed by atoms with Crippen LogP contribution in [0.15, 0.2) is 24.3 Å². The maximum Gasteiger partial charge on any atom is 0.341 e. The van der Waals surface area contributed by atoms with Crippen molar-refractivity contribution >= 4 is 5.97 Å². The number of rotatable bonds is 4. The third-order valence-corrected chi connectivity index (χ3v) is 3.87. The summed E-state index contributed by atoms with van der Waals surface area (Å²) in [5.41, 5.74) is -1.69. The van der Waals surface area contributed by atoms with Gasteiger partial charge in [0.15, 0.2) is 5.60 Å². The van der Waals surface area contributed by atoms with Gasteiger partial charge in [0.05, 0.1) is 12.7 Å². The Morgan fingerprint density at radius 3 is 3.00 bits per heavy atom. The predicted molar refractivity (Wildman–Crippen MR) is 66.7 cm³/mol. The van der Waals surface area contributed by atoms with Crippen molar-refractivity contribution in [2.24, 2.45) is 11.8 Å². The molecule has 2 aliphatic rings. The fraction of sp³-hybridized carbons (Fsp3) is 0.643. The van der Waals surface area contributed by atoms with Gasteiger partial charge in [-0.25, -0.2) is 4.79 Å². The van der Waals surface area contributed by atoms with E-state index in [0.29, 0.717) is 6.42 Å². The van der Waals surface area contributed by atoms with Gasteiger partial charge in [-0.15, -0.1) is 0 Å². The molecule has 4 nitrogen and oxygen atoms in total. The summed E-state index contributed by atoms with van der Waals surface area (Å²) < 4.78 is 4.87. The van der Waals surface area contributed by atoms with Crippen LogP contribution < -0.4 is 0 Å². The summed E-state index contributed by atoms with van der Waals surface area (Å²) in [6.45, 7) is 2.31. The van der Waals surface area contributed by atoms with Crippen molar-refractivity contribution in [2.45, 2.75) is 37.9 Å². The highest BCUT2D eigenvalue weighted by Gasteiger charge is 2.63. The zero-order valence-corrected chi connectivity index (χ0v) is 10.6. The van der Waals surface area contributed by atoms with E-state index in [4.69, 9.17) is 4.74 Å². The number of carbonyl (C=O) groups excluding carboxylic acids is 1. The van der Waals surface area contributed by atoms with Crippen LogP contribution >= 0.6 is 0 Å². The molecular weight excluding hydrogens is 232 g/mol. The molecule has 0 unspecified atom stereocenters. The van der Waals surface area contributed by atoms with Crippen LogP contribution in [0.25, 0.3) is 0 Å². The number of allylic oxidation sites excluding steroid dienone is 4. The molecule has 2 N–H and O–H groups in total. The minimum absolute atomic E-state index is 0.0114. The molecule has 0 spiro atoms. The molecule has 0 aromatic heterocycles. The Hall–Kier alpha value is -1.13. The molecule has 18 heavy (non-hydrogen) atoms. The fourth-order valence-corrected chi connectivity index (χ4v) is 2.76. The topological polar surface area (TPSA) is 66.8 Å². The molecule has 100 valence electrons. The Labute approximate surface area is 107 Å². The molecule has 1 saturated carbocycles. The van der Waals surface area contributed by atoms with Crippen molar-refractivity contribution in [1.82, 2.24) is 0 Å². The monoisotopic (exact) mass is 252 g/mol. The Morgan fingerprint density at radius 1 is 1.50 bits per heavy atom. The predicted octanol–water partition coefficient (Wildman–Crippen LogP) is 1.18. The van der Waals surface area contributed by atoms with E-state index in [1.54, 1.807) is 0 Å². The normalized spacial score (nSPS) is 39.7. The van der Waals surface area contributed by atoms with Gasteiger partial charge in [-0.2, -0.15) is 0 Å². The Balaban J connectivity index is 2.02. The Kier molecular flexibility index (Phi) is 3.88. The van der Waals surface area contributed by atoms with Gasteiger partial charge in [0, 0.05) is 5.92 Å². The summed E-state index contributed by atoms with van der Waals surface area (Å²) >= 11 is 0. The van der Waals surface area contributed by atoms with Gasteiger partial charge in [-0.1, -0.05) is 37.6 Å². The SMILES string of the molecule is CCC/C=C/C=C/[C@@H]1C[C@H](O)[C@@]2(O)C(=O)OC[C@H]12. The van der Waals surface area contributed by atoms with E-state index < -0.39 is 17.7 Å². The lowest BCUT2D eigenvalue weighted by atomic mass is 9.88. The first-order valence-corrected chi connectivity index (χ1v) is 6.51. The number of cyclic esters (lactones) is 1. The van der Waals surface area contributed by atoms with Crippen LogP contribution in [-0.4, -0.2) is 34.5 Å². The second kappa shape index (κ2) is 5.24. The van der Waals surface area contributed by atoms with Gasteiger partial charge in [-0.05, 0) is 18.8 Å². The lowest BCUT2D eigenvalue weighted by Gasteiger charge is -2.21. The minimum atomic E-state index is -1.69. The first-order chi connectivity index (χ1) is 8.60. The average molecular weight is 252 g/mol. The quantitative estimate of drug-likeness (QED) is 0.582. The molecule has 2 fully saturated rings. The fourth-order valence-electron chi connectivity index (χ4n) is 2.76. The van der Waals surface area contributed by atoms with Gasteiger partial charge in [0.25, 0.3) is 0 Å². The van der Waals surface area contributed by atoms with Crippen LogP contribution in [0.1, 0.15) is 26.2 Å². The van der Waals surface area contributed by atoms with Crippen molar-refractivity contribution in [3.63, 3.8) is 0 Å². The molecule has 0 aromatic carbocycles. The Bertz CT molecular complexity index is 374. The second-order valence-electron chi connectivity index (χ2n) is 5.05. The number of esters is 1. The molecular formula is C14H20O4. The number of aliphatic hydroxyl groups is 2.